The maximum Gasteiger partial charge on any atom is 0.313 e. The summed E-state index contributed by atoms with van der Waals surface area (Å²) in [6, 6.07) is 0. The van der Waals surface area contributed by atoms with Crippen LogP contribution in [0.1, 0.15) is 32.9 Å². The molecule has 0 aromatic carbocycles. The molecular formula is C14H22N4O2S. The number of aliphatic carboxylic acids is 1. The average Bonchev–Trinajstić information content (AvgIpc) is 2.87. The van der Waals surface area contributed by atoms with Gasteiger partial charge in [-0.05, 0) is 18.8 Å². The van der Waals surface area contributed by atoms with E-state index in [9.17, 15) is 4.79 Å². The lowest BCUT2D eigenvalue weighted by Crippen LogP contribution is -2.20. The molecule has 0 unspecified atom stereocenters. The fourth-order valence-corrected chi connectivity index (χ4v) is 2.95. The molecule has 7 heteroatoms. The van der Waals surface area contributed by atoms with Gasteiger partial charge in [0.05, 0.1) is 11.4 Å². The number of nitrogens with zero attached hydrogens (tertiary/aromatic N) is 4. The molecule has 0 spiro atoms. The van der Waals surface area contributed by atoms with Crippen molar-refractivity contribution in [2.75, 3.05) is 5.75 Å². The zero-order valence-corrected chi connectivity index (χ0v) is 14.0. The van der Waals surface area contributed by atoms with E-state index in [0.29, 0.717) is 0 Å². The molecule has 2 aromatic rings. The van der Waals surface area contributed by atoms with Crippen LogP contribution >= 0.6 is 11.8 Å². The van der Waals surface area contributed by atoms with Gasteiger partial charge in [0.1, 0.15) is 5.52 Å². The van der Waals surface area contributed by atoms with Crippen LogP contribution in [-0.2, 0) is 18.4 Å². The number of carbonyl (C=O) groups is 1. The Bertz CT molecular complexity index is 672. The fraction of sp³-hybridized carbons (Fsp3) is 0.643. The molecule has 2 aromatic heterocycles. The lowest BCUT2D eigenvalue weighted by Gasteiger charge is -2.24. The van der Waals surface area contributed by atoms with Crippen LogP contribution in [0.25, 0.3) is 11.2 Å². The summed E-state index contributed by atoms with van der Waals surface area (Å²) in [6.07, 6.45) is 1.03. The highest BCUT2D eigenvalue weighted by Crippen LogP contribution is 2.31. The number of hydrogen-bond acceptors (Lipinski definition) is 4. The predicted molar refractivity (Wildman–Crippen MR) is 83.7 cm³/mol. The van der Waals surface area contributed by atoms with E-state index >= 15 is 0 Å². The van der Waals surface area contributed by atoms with Crippen LogP contribution in [0.15, 0.2) is 5.16 Å². The number of carboxylic acid groups (broad SMARTS) is 1. The SMILES string of the molecule is CCC(C)(C)Cn1c(SCC(=O)O)nc2c(C)nn(C)c21. The van der Waals surface area contributed by atoms with E-state index in [1.165, 1.54) is 11.8 Å². The molecule has 6 nitrogen and oxygen atoms in total. The van der Waals surface area contributed by atoms with Gasteiger partial charge in [-0.25, -0.2) is 4.98 Å². The molecule has 0 amide bonds. The zero-order valence-electron chi connectivity index (χ0n) is 13.2. The van der Waals surface area contributed by atoms with Gasteiger partial charge in [0.25, 0.3) is 0 Å². The Balaban J connectivity index is 2.50. The Morgan fingerprint density at radius 2 is 2.10 bits per heavy atom. The summed E-state index contributed by atoms with van der Waals surface area (Å²) >= 11 is 1.27. The molecule has 0 atom stereocenters. The Labute approximate surface area is 128 Å². The normalized spacial score (nSPS) is 12.2. The van der Waals surface area contributed by atoms with E-state index in [1.807, 2.05) is 18.7 Å². The summed E-state index contributed by atoms with van der Waals surface area (Å²) in [4.78, 5) is 15.4. The number of hydrogen-bond donors (Lipinski definition) is 1. The molecule has 1 N–H and O–H groups in total. The van der Waals surface area contributed by atoms with Gasteiger partial charge in [0.2, 0.25) is 0 Å². The third-order valence-corrected chi connectivity index (χ3v) is 4.68. The Kier molecular flexibility index (Phi) is 4.32. The number of rotatable bonds is 6. The molecule has 0 saturated carbocycles. The fourth-order valence-electron chi connectivity index (χ4n) is 2.23. The second kappa shape index (κ2) is 5.71. The van der Waals surface area contributed by atoms with E-state index in [4.69, 9.17) is 5.11 Å². The molecule has 2 rings (SSSR count). The maximum absolute atomic E-state index is 10.8. The summed E-state index contributed by atoms with van der Waals surface area (Å²) in [5, 5.41) is 14.1. The van der Waals surface area contributed by atoms with E-state index in [2.05, 4.69) is 35.4 Å². The van der Waals surface area contributed by atoms with Crippen molar-refractivity contribution in [2.45, 2.75) is 45.8 Å². The number of imidazole rings is 1. The summed E-state index contributed by atoms with van der Waals surface area (Å²) in [5.41, 5.74) is 2.81. The van der Waals surface area contributed by atoms with Crippen molar-refractivity contribution in [3.63, 3.8) is 0 Å². The minimum Gasteiger partial charge on any atom is -0.481 e. The van der Waals surface area contributed by atoms with E-state index < -0.39 is 5.97 Å². The lowest BCUT2D eigenvalue weighted by atomic mass is 9.90. The van der Waals surface area contributed by atoms with E-state index in [0.717, 1.165) is 35.0 Å². The number of thioether (sulfide) groups is 1. The van der Waals surface area contributed by atoms with Crippen molar-refractivity contribution in [1.82, 2.24) is 19.3 Å². The number of fused-ring (bicyclic) bond motifs is 1. The molecule has 0 saturated heterocycles. The molecule has 21 heavy (non-hydrogen) atoms. The van der Waals surface area contributed by atoms with Crippen LogP contribution in [-0.4, -0.2) is 36.2 Å². The van der Waals surface area contributed by atoms with Gasteiger partial charge < -0.3 is 9.67 Å². The first kappa shape index (κ1) is 15.9. The lowest BCUT2D eigenvalue weighted by molar-refractivity contribution is -0.133. The molecule has 0 aliphatic heterocycles. The van der Waals surface area contributed by atoms with Crippen molar-refractivity contribution < 1.29 is 9.90 Å². The first-order chi connectivity index (χ1) is 9.75. The van der Waals surface area contributed by atoms with Gasteiger partial charge >= 0.3 is 5.97 Å². The number of carboxylic acids is 1. The monoisotopic (exact) mass is 310 g/mol. The van der Waals surface area contributed by atoms with Crippen LogP contribution in [0.5, 0.6) is 0 Å². The van der Waals surface area contributed by atoms with E-state index in [1.54, 1.807) is 0 Å². The van der Waals surface area contributed by atoms with Gasteiger partial charge in [-0.3, -0.25) is 9.48 Å². The van der Waals surface area contributed by atoms with Crippen molar-refractivity contribution in [3.05, 3.63) is 5.69 Å². The highest BCUT2D eigenvalue weighted by Gasteiger charge is 2.24. The van der Waals surface area contributed by atoms with Crippen molar-refractivity contribution in [3.8, 4) is 0 Å². The Morgan fingerprint density at radius 1 is 1.43 bits per heavy atom. The second-order valence-electron chi connectivity index (χ2n) is 6.06. The summed E-state index contributed by atoms with van der Waals surface area (Å²) in [6.45, 7) is 9.28. The van der Waals surface area contributed by atoms with Crippen LogP contribution in [0, 0.1) is 12.3 Å². The minimum absolute atomic E-state index is 0.0162. The Hall–Kier alpha value is -1.50. The number of aromatic nitrogens is 4. The molecular weight excluding hydrogens is 288 g/mol. The molecule has 2 heterocycles. The van der Waals surface area contributed by atoms with Crippen LogP contribution in [0.3, 0.4) is 0 Å². The van der Waals surface area contributed by atoms with Crippen LogP contribution < -0.4 is 0 Å². The second-order valence-corrected chi connectivity index (χ2v) is 7.00. The van der Waals surface area contributed by atoms with Crippen molar-refractivity contribution in [2.24, 2.45) is 12.5 Å². The zero-order chi connectivity index (χ0) is 15.8. The van der Waals surface area contributed by atoms with Crippen molar-refractivity contribution >= 4 is 28.9 Å². The van der Waals surface area contributed by atoms with Crippen LogP contribution in [0.4, 0.5) is 0 Å². The molecule has 0 aliphatic carbocycles. The predicted octanol–water partition coefficient (Wildman–Crippen LogP) is 2.69. The number of aryl methyl sites for hydroxylation is 2. The molecule has 0 radical (unpaired) electrons. The summed E-state index contributed by atoms with van der Waals surface area (Å²) in [7, 11) is 1.90. The topological polar surface area (TPSA) is 72.9 Å². The third kappa shape index (κ3) is 3.23. The highest BCUT2D eigenvalue weighted by molar-refractivity contribution is 7.99. The maximum atomic E-state index is 10.8. The smallest absolute Gasteiger partial charge is 0.313 e. The standard InChI is InChI=1S/C14H22N4O2S/c1-6-14(3,4)8-18-12-11(9(2)16-17(12)5)15-13(18)21-7-10(19)20/h6-8H2,1-5H3,(H,19,20). The van der Waals surface area contributed by atoms with Gasteiger partial charge in [-0.15, -0.1) is 0 Å². The molecule has 116 valence electrons. The van der Waals surface area contributed by atoms with E-state index in [-0.39, 0.29) is 11.2 Å². The Morgan fingerprint density at radius 3 is 2.67 bits per heavy atom. The summed E-state index contributed by atoms with van der Waals surface area (Å²) in [5.74, 6) is -0.814. The van der Waals surface area contributed by atoms with Gasteiger partial charge in [0, 0.05) is 13.6 Å². The van der Waals surface area contributed by atoms with Gasteiger partial charge in [0.15, 0.2) is 10.8 Å². The third-order valence-electron chi connectivity index (χ3n) is 3.72. The van der Waals surface area contributed by atoms with Crippen molar-refractivity contribution in [1.29, 1.82) is 0 Å². The molecule has 0 fully saturated rings. The molecule has 0 bridgehead atoms. The first-order valence-electron chi connectivity index (χ1n) is 6.99. The van der Waals surface area contributed by atoms with Gasteiger partial charge in [-0.2, -0.15) is 5.10 Å². The quantitative estimate of drug-likeness (QED) is 0.830. The van der Waals surface area contributed by atoms with Gasteiger partial charge in [-0.1, -0.05) is 32.5 Å². The average molecular weight is 310 g/mol. The largest absolute Gasteiger partial charge is 0.481 e. The first-order valence-corrected chi connectivity index (χ1v) is 7.98. The molecule has 0 aliphatic rings. The summed E-state index contributed by atoms with van der Waals surface area (Å²) < 4.78 is 3.93. The minimum atomic E-state index is -0.830. The highest BCUT2D eigenvalue weighted by atomic mass is 32.2. The van der Waals surface area contributed by atoms with Crippen LogP contribution in [0.2, 0.25) is 0 Å².